The van der Waals surface area contributed by atoms with E-state index in [2.05, 4.69) is 20.4 Å². The van der Waals surface area contributed by atoms with Crippen molar-refractivity contribution in [1.29, 1.82) is 0 Å². The molecular weight excluding hydrogens is 486 g/mol. The van der Waals surface area contributed by atoms with Crippen molar-refractivity contribution in [2.45, 2.75) is 19.1 Å². The molecule has 2 amide bonds. The number of nitrogens with one attached hydrogen (secondary N) is 1. The molecule has 1 saturated heterocycles. The van der Waals surface area contributed by atoms with Crippen LogP contribution in [-0.2, 0) is 6.18 Å². The molecule has 0 unspecified atom stereocenters. The molecule has 5 rings (SSSR count). The number of benzene rings is 3. The second-order valence-electron chi connectivity index (χ2n) is 8.92. The van der Waals surface area contributed by atoms with Crippen LogP contribution in [0.25, 0.3) is 22.0 Å². The van der Waals surface area contributed by atoms with Gasteiger partial charge in [0.15, 0.2) is 5.82 Å². The normalized spacial score (nSPS) is 16.2. The number of alkyl halides is 3. The van der Waals surface area contributed by atoms with Gasteiger partial charge in [-0.2, -0.15) is 13.2 Å². The number of anilines is 2. The average Bonchev–Trinajstić information content (AvgIpc) is 2.89. The highest BCUT2D eigenvalue weighted by molar-refractivity contribution is 6.00. The fraction of sp³-hybridized carbons (Fsp3) is 0.222. The Labute approximate surface area is 210 Å². The summed E-state index contributed by atoms with van der Waals surface area (Å²) in [7, 11) is 0. The zero-order chi connectivity index (χ0) is 26.2. The van der Waals surface area contributed by atoms with E-state index in [9.17, 15) is 22.4 Å². The number of fused-ring (bicyclic) bond motifs is 1. The maximum Gasteiger partial charge on any atom is 0.416 e. The van der Waals surface area contributed by atoms with Crippen LogP contribution in [0.4, 0.5) is 33.9 Å². The highest BCUT2D eigenvalue weighted by Gasteiger charge is 2.31. The Morgan fingerprint density at radius 2 is 1.59 bits per heavy atom. The van der Waals surface area contributed by atoms with Crippen molar-refractivity contribution in [3.63, 3.8) is 0 Å². The Kier molecular flexibility index (Phi) is 6.41. The van der Waals surface area contributed by atoms with Gasteiger partial charge in [0.25, 0.3) is 0 Å². The number of aromatic nitrogens is 2. The minimum absolute atomic E-state index is 0.149. The van der Waals surface area contributed by atoms with Gasteiger partial charge in [0.1, 0.15) is 11.5 Å². The van der Waals surface area contributed by atoms with Crippen LogP contribution >= 0.6 is 0 Å². The first kappa shape index (κ1) is 24.5. The van der Waals surface area contributed by atoms with Gasteiger partial charge in [-0.05, 0) is 43.3 Å². The van der Waals surface area contributed by atoms with Crippen molar-refractivity contribution < 1.29 is 22.4 Å². The molecular formula is C27H23F4N5O. The van der Waals surface area contributed by atoms with Crippen molar-refractivity contribution >= 4 is 28.3 Å². The lowest BCUT2D eigenvalue weighted by Gasteiger charge is -2.40. The molecule has 6 nitrogen and oxygen atoms in total. The first-order valence-corrected chi connectivity index (χ1v) is 11.7. The predicted octanol–water partition coefficient (Wildman–Crippen LogP) is 6.20. The zero-order valence-electron chi connectivity index (χ0n) is 19.8. The summed E-state index contributed by atoms with van der Waals surface area (Å²) in [5, 5.41) is 13.2. The number of hydrogen-bond donors (Lipinski definition) is 1. The minimum atomic E-state index is -4.41. The summed E-state index contributed by atoms with van der Waals surface area (Å²) in [5.74, 6) is 0.273. The average molecular weight is 510 g/mol. The van der Waals surface area contributed by atoms with Crippen molar-refractivity contribution in [2.75, 3.05) is 29.9 Å². The summed E-state index contributed by atoms with van der Waals surface area (Å²) < 4.78 is 52.1. The summed E-state index contributed by atoms with van der Waals surface area (Å²) in [4.78, 5) is 16.6. The molecule has 190 valence electrons. The van der Waals surface area contributed by atoms with E-state index in [1.54, 1.807) is 4.90 Å². The number of piperazine rings is 1. The van der Waals surface area contributed by atoms with E-state index in [1.807, 2.05) is 31.2 Å². The van der Waals surface area contributed by atoms with Crippen LogP contribution in [0.5, 0.6) is 0 Å². The molecule has 1 aliphatic rings. The second-order valence-corrected chi connectivity index (χ2v) is 8.92. The van der Waals surface area contributed by atoms with E-state index in [-0.39, 0.29) is 17.9 Å². The maximum atomic E-state index is 13.2. The lowest BCUT2D eigenvalue weighted by Crippen LogP contribution is -2.55. The second kappa shape index (κ2) is 9.68. The fourth-order valence-corrected chi connectivity index (χ4v) is 4.53. The Hall–Kier alpha value is -4.21. The van der Waals surface area contributed by atoms with Gasteiger partial charge in [0.2, 0.25) is 0 Å². The van der Waals surface area contributed by atoms with Gasteiger partial charge in [-0.25, -0.2) is 9.18 Å². The van der Waals surface area contributed by atoms with Gasteiger partial charge >= 0.3 is 12.2 Å². The SMILES string of the molecule is C[C@H]1CN(c2nnc(-c3ccc(C(F)(F)F)cc3)c3ccccc23)CCN1C(=O)Nc1ccc(F)cc1. The molecule has 2 heterocycles. The largest absolute Gasteiger partial charge is 0.416 e. The maximum absolute atomic E-state index is 13.2. The van der Waals surface area contributed by atoms with Gasteiger partial charge < -0.3 is 15.1 Å². The fourth-order valence-electron chi connectivity index (χ4n) is 4.53. The van der Waals surface area contributed by atoms with Gasteiger partial charge in [0, 0.05) is 47.7 Å². The molecule has 37 heavy (non-hydrogen) atoms. The Morgan fingerprint density at radius 3 is 2.24 bits per heavy atom. The molecule has 10 heteroatoms. The van der Waals surface area contributed by atoms with E-state index >= 15 is 0 Å². The molecule has 0 radical (unpaired) electrons. The minimum Gasteiger partial charge on any atom is -0.351 e. The number of nitrogens with zero attached hydrogens (tertiary/aromatic N) is 4. The topological polar surface area (TPSA) is 61.4 Å². The Morgan fingerprint density at radius 1 is 0.919 bits per heavy atom. The van der Waals surface area contributed by atoms with Crippen LogP contribution in [0.15, 0.2) is 72.8 Å². The summed E-state index contributed by atoms with van der Waals surface area (Å²) in [6.07, 6.45) is -4.41. The van der Waals surface area contributed by atoms with Crippen LogP contribution in [0.1, 0.15) is 12.5 Å². The van der Waals surface area contributed by atoms with Crippen molar-refractivity contribution in [3.8, 4) is 11.3 Å². The smallest absolute Gasteiger partial charge is 0.351 e. The first-order chi connectivity index (χ1) is 17.7. The number of carbonyl (C=O) groups excluding carboxylic acids is 1. The number of hydrogen-bond acceptors (Lipinski definition) is 4. The molecule has 3 aromatic carbocycles. The van der Waals surface area contributed by atoms with Gasteiger partial charge in [-0.1, -0.05) is 36.4 Å². The zero-order valence-corrected chi connectivity index (χ0v) is 19.8. The number of amides is 2. The molecule has 1 atom stereocenters. The molecule has 0 bridgehead atoms. The van der Waals surface area contributed by atoms with Crippen LogP contribution < -0.4 is 10.2 Å². The number of rotatable bonds is 3. The number of carbonyl (C=O) groups is 1. The summed E-state index contributed by atoms with van der Waals surface area (Å²) in [6, 6.07) is 17.6. The molecule has 0 saturated carbocycles. The number of urea groups is 1. The molecule has 1 fully saturated rings. The Balaban J connectivity index is 1.37. The van der Waals surface area contributed by atoms with E-state index in [0.717, 1.165) is 22.9 Å². The van der Waals surface area contributed by atoms with E-state index in [1.165, 1.54) is 36.4 Å². The van der Waals surface area contributed by atoms with Crippen LogP contribution in [0.3, 0.4) is 0 Å². The molecule has 1 aromatic heterocycles. The highest BCUT2D eigenvalue weighted by Crippen LogP contribution is 2.34. The predicted molar refractivity (Wildman–Crippen MR) is 134 cm³/mol. The Bertz CT molecular complexity index is 1420. The highest BCUT2D eigenvalue weighted by atomic mass is 19.4. The summed E-state index contributed by atoms with van der Waals surface area (Å²) in [5.41, 5.74) is 0.828. The summed E-state index contributed by atoms with van der Waals surface area (Å²) in [6.45, 7) is 3.39. The summed E-state index contributed by atoms with van der Waals surface area (Å²) >= 11 is 0. The van der Waals surface area contributed by atoms with Crippen LogP contribution in [0, 0.1) is 5.82 Å². The lowest BCUT2D eigenvalue weighted by molar-refractivity contribution is -0.137. The third kappa shape index (κ3) is 5.04. The first-order valence-electron chi connectivity index (χ1n) is 11.7. The quantitative estimate of drug-likeness (QED) is 0.334. The van der Waals surface area contributed by atoms with E-state index in [4.69, 9.17) is 0 Å². The standard InChI is InChI=1S/C27H23F4N5O/c1-17-16-35(14-15-36(17)26(37)32-21-12-10-20(28)11-13-21)25-23-5-3-2-4-22(23)24(33-34-25)18-6-8-19(9-7-18)27(29,30)31/h2-13,17H,14-16H2,1H3,(H,32,37)/t17-/m0/s1. The molecule has 1 N–H and O–H groups in total. The van der Waals surface area contributed by atoms with Crippen molar-refractivity contribution in [2.24, 2.45) is 0 Å². The molecule has 0 aliphatic carbocycles. The van der Waals surface area contributed by atoms with Gasteiger partial charge in [-0.15, -0.1) is 10.2 Å². The molecule has 1 aliphatic heterocycles. The van der Waals surface area contributed by atoms with Crippen LogP contribution in [-0.4, -0.2) is 46.8 Å². The van der Waals surface area contributed by atoms with Crippen molar-refractivity contribution in [3.05, 3.63) is 84.2 Å². The van der Waals surface area contributed by atoms with Gasteiger partial charge in [0.05, 0.1) is 5.56 Å². The van der Waals surface area contributed by atoms with Gasteiger partial charge in [-0.3, -0.25) is 0 Å². The molecule has 0 spiro atoms. The molecule has 4 aromatic rings. The lowest BCUT2D eigenvalue weighted by atomic mass is 10.0. The van der Waals surface area contributed by atoms with E-state index in [0.29, 0.717) is 42.4 Å². The van der Waals surface area contributed by atoms with Crippen molar-refractivity contribution in [1.82, 2.24) is 15.1 Å². The number of halogens is 4. The monoisotopic (exact) mass is 509 g/mol. The third-order valence-corrected chi connectivity index (χ3v) is 6.44. The third-order valence-electron chi connectivity index (χ3n) is 6.44. The van der Waals surface area contributed by atoms with E-state index < -0.39 is 11.7 Å². The van der Waals surface area contributed by atoms with Crippen LogP contribution in [0.2, 0.25) is 0 Å².